The van der Waals surface area contributed by atoms with Crippen LogP contribution in [0.4, 0.5) is 0 Å². The van der Waals surface area contributed by atoms with E-state index in [9.17, 15) is 0 Å². The molecule has 0 bridgehead atoms. The fourth-order valence-electron chi connectivity index (χ4n) is 2.95. The molecule has 0 aromatic heterocycles. The Labute approximate surface area is 139 Å². The molecule has 3 rings (SSSR count). The van der Waals surface area contributed by atoms with E-state index < -0.39 is 0 Å². The normalized spacial score (nSPS) is 17.1. The number of hydrogen-bond donors (Lipinski definition) is 0. The first-order valence-corrected chi connectivity index (χ1v) is 8.54. The van der Waals surface area contributed by atoms with E-state index in [1.54, 1.807) is 0 Å². The van der Waals surface area contributed by atoms with Gasteiger partial charge in [-0.25, -0.2) is 0 Å². The Morgan fingerprint density at radius 1 is 1.00 bits per heavy atom. The van der Waals surface area contributed by atoms with Crippen molar-refractivity contribution in [3.8, 4) is 5.75 Å². The Morgan fingerprint density at radius 3 is 2.09 bits per heavy atom. The van der Waals surface area contributed by atoms with Crippen molar-refractivity contribution in [2.45, 2.75) is 45.1 Å². The van der Waals surface area contributed by atoms with E-state index in [1.165, 1.54) is 16.7 Å². The summed E-state index contributed by atoms with van der Waals surface area (Å²) in [7, 11) is 0. The van der Waals surface area contributed by atoms with E-state index in [4.69, 9.17) is 9.47 Å². The summed E-state index contributed by atoms with van der Waals surface area (Å²) in [4.78, 5) is 0. The molecule has 2 heteroatoms. The zero-order valence-corrected chi connectivity index (χ0v) is 14.3. The van der Waals surface area contributed by atoms with Gasteiger partial charge in [0.1, 0.15) is 5.75 Å². The SMILES string of the molecule is CCOc1ccc(C(C)(C)c2ccc(CCC3CO3)cc2)cc1. The van der Waals surface area contributed by atoms with E-state index in [2.05, 4.69) is 62.4 Å². The molecular weight excluding hydrogens is 284 g/mol. The van der Waals surface area contributed by atoms with Crippen molar-refractivity contribution < 1.29 is 9.47 Å². The highest BCUT2D eigenvalue weighted by Gasteiger charge is 2.24. The number of benzene rings is 2. The summed E-state index contributed by atoms with van der Waals surface area (Å²) < 4.78 is 10.8. The largest absolute Gasteiger partial charge is 0.494 e. The van der Waals surface area contributed by atoms with Crippen LogP contribution in [0.15, 0.2) is 48.5 Å². The van der Waals surface area contributed by atoms with Gasteiger partial charge in [-0.05, 0) is 48.6 Å². The molecule has 2 nitrogen and oxygen atoms in total. The summed E-state index contributed by atoms with van der Waals surface area (Å²) in [5, 5.41) is 0. The lowest BCUT2D eigenvalue weighted by Gasteiger charge is -2.26. The van der Waals surface area contributed by atoms with Gasteiger partial charge >= 0.3 is 0 Å². The molecule has 23 heavy (non-hydrogen) atoms. The number of rotatable bonds is 7. The van der Waals surface area contributed by atoms with Gasteiger partial charge in [-0.3, -0.25) is 0 Å². The average molecular weight is 310 g/mol. The van der Waals surface area contributed by atoms with Crippen molar-refractivity contribution in [2.24, 2.45) is 0 Å². The Balaban J connectivity index is 1.72. The molecule has 2 aromatic carbocycles. The third-order valence-corrected chi connectivity index (χ3v) is 4.72. The van der Waals surface area contributed by atoms with Crippen molar-refractivity contribution in [3.05, 3.63) is 65.2 Å². The molecule has 1 fully saturated rings. The summed E-state index contributed by atoms with van der Waals surface area (Å²) in [6.07, 6.45) is 2.76. The second-order valence-electron chi connectivity index (χ2n) is 6.77. The minimum Gasteiger partial charge on any atom is -0.494 e. The fraction of sp³-hybridized carbons (Fsp3) is 0.429. The van der Waals surface area contributed by atoms with E-state index >= 15 is 0 Å². The maximum absolute atomic E-state index is 5.54. The zero-order chi connectivity index (χ0) is 16.3. The molecule has 1 saturated heterocycles. The van der Waals surface area contributed by atoms with Gasteiger partial charge in [0.15, 0.2) is 0 Å². The second kappa shape index (κ2) is 6.76. The van der Waals surface area contributed by atoms with Crippen LogP contribution in [-0.2, 0) is 16.6 Å². The topological polar surface area (TPSA) is 21.8 Å². The highest BCUT2D eigenvalue weighted by Crippen LogP contribution is 2.32. The Bertz CT molecular complexity index is 622. The van der Waals surface area contributed by atoms with Crippen LogP contribution in [0.5, 0.6) is 5.75 Å². The van der Waals surface area contributed by atoms with Crippen LogP contribution in [0.2, 0.25) is 0 Å². The molecule has 1 heterocycles. The third kappa shape index (κ3) is 3.94. The van der Waals surface area contributed by atoms with Crippen LogP contribution >= 0.6 is 0 Å². The summed E-state index contributed by atoms with van der Waals surface area (Å²) >= 11 is 0. The van der Waals surface area contributed by atoms with Crippen LogP contribution < -0.4 is 4.74 Å². The van der Waals surface area contributed by atoms with E-state index in [0.717, 1.165) is 25.2 Å². The Hall–Kier alpha value is -1.80. The van der Waals surface area contributed by atoms with Gasteiger partial charge in [0.05, 0.1) is 19.3 Å². The summed E-state index contributed by atoms with van der Waals surface area (Å²) in [5.41, 5.74) is 4.03. The first-order valence-electron chi connectivity index (χ1n) is 8.54. The molecule has 1 atom stereocenters. The lowest BCUT2D eigenvalue weighted by molar-refractivity contribution is 0.340. The van der Waals surface area contributed by atoms with Gasteiger partial charge in [0, 0.05) is 5.41 Å². The van der Waals surface area contributed by atoms with Gasteiger partial charge in [-0.2, -0.15) is 0 Å². The van der Waals surface area contributed by atoms with Gasteiger partial charge in [0.2, 0.25) is 0 Å². The fourth-order valence-corrected chi connectivity index (χ4v) is 2.95. The minimum absolute atomic E-state index is 0.0110. The van der Waals surface area contributed by atoms with Gasteiger partial charge < -0.3 is 9.47 Å². The van der Waals surface area contributed by atoms with Gasteiger partial charge in [-0.15, -0.1) is 0 Å². The maximum Gasteiger partial charge on any atom is 0.119 e. The van der Waals surface area contributed by atoms with Crippen molar-refractivity contribution in [2.75, 3.05) is 13.2 Å². The van der Waals surface area contributed by atoms with Crippen molar-refractivity contribution in [1.29, 1.82) is 0 Å². The number of epoxide rings is 1. The Morgan fingerprint density at radius 2 is 1.57 bits per heavy atom. The van der Waals surface area contributed by atoms with Crippen LogP contribution in [-0.4, -0.2) is 19.3 Å². The molecule has 122 valence electrons. The smallest absolute Gasteiger partial charge is 0.119 e. The van der Waals surface area contributed by atoms with Crippen LogP contribution in [0, 0.1) is 0 Å². The van der Waals surface area contributed by atoms with Crippen LogP contribution in [0.1, 0.15) is 43.9 Å². The first-order chi connectivity index (χ1) is 11.1. The minimum atomic E-state index is -0.0110. The predicted molar refractivity (Wildman–Crippen MR) is 94.2 cm³/mol. The lowest BCUT2D eigenvalue weighted by atomic mass is 9.78. The number of hydrogen-bond acceptors (Lipinski definition) is 2. The second-order valence-corrected chi connectivity index (χ2v) is 6.77. The zero-order valence-electron chi connectivity index (χ0n) is 14.3. The molecule has 0 N–H and O–H groups in total. The lowest BCUT2D eigenvalue weighted by Crippen LogP contribution is -2.18. The van der Waals surface area contributed by atoms with E-state index in [0.29, 0.717) is 12.7 Å². The molecular formula is C21H26O2. The summed E-state index contributed by atoms with van der Waals surface area (Å²) in [6.45, 7) is 8.21. The monoisotopic (exact) mass is 310 g/mol. The molecule has 1 aliphatic rings. The quantitative estimate of drug-likeness (QED) is 0.689. The molecule has 0 saturated carbocycles. The standard InChI is InChI=1S/C21H26O2/c1-4-22-19-13-10-18(11-14-19)21(2,3)17-8-5-16(6-9-17)7-12-20-15-23-20/h5-6,8-11,13-14,20H,4,7,12,15H2,1-3H3. The van der Waals surface area contributed by atoms with Crippen molar-refractivity contribution in [3.63, 3.8) is 0 Å². The predicted octanol–water partition coefficient (Wildman–Crippen LogP) is 4.74. The van der Waals surface area contributed by atoms with Crippen LogP contribution in [0.3, 0.4) is 0 Å². The Kier molecular flexibility index (Phi) is 4.72. The van der Waals surface area contributed by atoms with Crippen molar-refractivity contribution >= 4 is 0 Å². The molecule has 0 radical (unpaired) electrons. The third-order valence-electron chi connectivity index (χ3n) is 4.72. The van der Waals surface area contributed by atoms with Crippen LogP contribution in [0.25, 0.3) is 0 Å². The molecule has 0 spiro atoms. The maximum atomic E-state index is 5.54. The number of aryl methyl sites for hydroxylation is 1. The van der Waals surface area contributed by atoms with E-state index in [-0.39, 0.29) is 5.41 Å². The molecule has 0 amide bonds. The highest BCUT2D eigenvalue weighted by atomic mass is 16.6. The first kappa shape index (κ1) is 16.1. The van der Waals surface area contributed by atoms with Crippen molar-refractivity contribution in [1.82, 2.24) is 0 Å². The average Bonchev–Trinajstić information content (AvgIpc) is 3.39. The summed E-state index contributed by atoms with van der Waals surface area (Å²) in [6, 6.07) is 17.5. The molecule has 0 aliphatic carbocycles. The molecule has 2 aromatic rings. The highest BCUT2D eigenvalue weighted by molar-refractivity contribution is 5.40. The molecule has 1 aliphatic heterocycles. The van der Waals surface area contributed by atoms with Gasteiger partial charge in [-0.1, -0.05) is 50.2 Å². The number of ether oxygens (including phenoxy) is 2. The van der Waals surface area contributed by atoms with E-state index in [1.807, 2.05) is 6.92 Å². The molecule has 1 unspecified atom stereocenters. The van der Waals surface area contributed by atoms with Gasteiger partial charge in [0.25, 0.3) is 0 Å². The summed E-state index contributed by atoms with van der Waals surface area (Å²) in [5.74, 6) is 0.935.